The van der Waals surface area contributed by atoms with Crippen LogP contribution in [0.2, 0.25) is 0 Å². The van der Waals surface area contributed by atoms with Crippen LogP contribution in [0, 0.1) is 5.92 Å². The molecule has 3 rings (SSSR count). The number of nitrogens with one attached hydrogen (secondary N) is 1. The Hall–Kier alpha value is -2.00. The summed E-state index contributed by atoms with van der Waals surface area (Å²) in [6, 6.07) is 0.269. The van der Waals surface area contributed by atoms with E-state index >= 15 is 0 Å². The fourth-order valence-corrected chi connectivity index (χ4v) is 4.70. The van der Waals surface area contributed by atoms with Crippen LogP contribution in [0.15, 0.2) is 23.3 Å². The quantitative estimate of drug-likeness (QED) is 0.491. The number of hydrogen-bond donors (Lipinski definition) is 3. The van der Waals surface area contributed by atoms with Crippen molar-refractivity contribution in [3.05, 3.63) is 23.3 Å². The summed E-state index contributed by atoms with van der Waals surface area (Å²) in [5, 5.41) is 20.4. The lowest BCUT2D eigenvalue weighted by Gasteiger charge is -2.42. The molecule has 0 saturated carbocycles. The molecule has 27 heavy (non-hydrogen) atoms. The van der Waals surface area contributed by atoms with Gasteiger partial charge >= 0.3 is 12.0 Å². The molecule has 0 radical (unpaired) electrons. The molecule has 0 aliphatic carbocycles. The van der Waals surface area contributed by atoms with Crippen molar-refractivity contribution in [1.29, 1.82) is 0 Å². The maximum atomic E-state index is 12.1. The molecule has 150 valence electrons. The van der Waals surface area contributed by atoms with Crippen molar-refractivity contribution in [1.82, 2.24) is 15.1 Å². The van der Waals surface area contributed by atoms with Crippen LogP contribution in [0.3, 0.4) is 0 Å². The molecule has 3 aliphatic rings. The zero-order chi connectivity index (χ0) is 20.1. The van der Waals surface area contributed by atoms with Crippen molar-refractivity contribution in [2.45, 2.75) is 51.1 Å². The molecule has 3 aliphatic heterocycles. The maximum absolute atomic E-state index is 12.1. The summed E-state index contributed by atoms with van der Waals surface area (Å²) < 4.78 is 0. The van der Waals surface area contributed by atoms with E-state index < -0.39 is 12.1 Å². The molecule has 0 aromatic rings. The molecule has 0 aromatic heterocycles. The highest BCUT2D eigenvalue weighted by molar-refractivity contribution is 8.04. The maximum Gasteiger partial charge on any atom is 0.327 e. The van der Waals surface area contributed by atoms with Crippen molar-refractivity contribution in [3.63, 3.8) is 0 Å². The van der Waals surface area contributed by atoms with E-state index in [4.69, 9.17) is 5.11 Å². The lowest BCUT2D eigenvalue weighted by atomic mass is 9.93. The number of nitrogens with zero attached hydrogens (tertiary/aromatic N) is 2. The minimum absolute atomic E-state index is 0.00453. The van der Waals surface area contributed by atoms with Gasteiger partial charge in [0.2, 0.25) is 5.91 Å². The minimum atomic E-state index is -0.891. The Labute approximate surface area is 163 Å². The molecule has 0 bridgehead atoms. The number of aliphatic hydroxyl groups is 1. The van der Waals surface area contributed by atoms with Crippen LogP contribution in [-0.4, -0.2) is 68.5 Å². The largest absolute Gasteiger partial charge is 0.478 e. The van der Waals surface area contributed by atoms with E-state index in [2.05, 4.69) is 12.2 Å². The van der Waals surface area contributed by atoms with Gasteiger partial charge in [-0.15, -0.1) is 11.8 Å². The summed E-state index contributed by atoms with van der Waals surface area (Å²) in [6.45, 7) is 6.63. The number of hydrogen-bond acceptors (Lipinski definition) is 5. The second kappa shape index (κ2) is 9.27. The van der Waals surface area contributed by atoms with Gasteiger partial charge < -0.3 is 25.3 Å². The second-order valence-electron chi connectivity index (χ2n) is 6.80. The molecule has 0 aromatic carbocycles. The van der Waals surface area contributed by atoms with E-state index in [-0.39, 0.29) is 23.2 Å². The van der Waals surface area contributed by atoms with Gasteiger partial charge in [-0.3, -0.25) is 4.79 Å². The monoisotopic (exact) mass is 397 g/mol. The third kappa shape index (κ3) is 5.04. The minimum Gasteiger partial charge on any atom is -0.478 e. The molecular formula is C18H27N3O5S. The average molecular weight is 397 g/mol. The zero-order valence-electron chi connectivity index (χ0n) is 15.8. The summed E-state index contributed by atoms with van der Waals surface area (Å²) in [6.07, 6.45) is 5.85. The highest BCUT2D eigenvalue weighted by atomic mass is 32.2. The standard InChI is InChI=1S/C14H21N3O3S.C4H6O2/c1-8-4-3-5-16(8)14(20)15-6-10-7-17-12(19)11(9(2)18)13(17)21-10;1-2-3-4(5)6/h7-9,11,13,18H,3-6H2,1-2H3,(H,15,20);2-3H,1H3,(H,5,6)/t8-,9-,11+,13-;/m1./s1. The number of amides is 3. The number of thioether (sulfide) groups is 1. The van der Waals surface area contributed by atoms with Crippen LogP contribution < -0.4 is 5.32 Å². The summed E-state index contributed by atoms with van der Waals surface area (Å²) in [5.41, 5.74) is 0. The normalized spacial score (nSPS) is 27.5. The first kappa shape index (κ1) is 21.3. The smallest absolute Gasteiger partial charge is 0.327 e. The van der Waals surface area contributed by atoms with Gasteiger partial charge in [-0.05, 0) is 33.6 Å². The number of likely N-dealkylation sites (tertiary alicyclic amines) is 1. The van der Waals surface area contributed by atoms with Crippen molar-refractivity contribution in [2.24, 2.45) is 5.92 Å². The van der Waals surface area contributed by atoms with Gasteiger partial charge in [-0.25, -0.2) is 9.59 Å². The number of urea groups is 1. The van der Waals surface area contributed by atoms with Crippen LogP contribution in [-0.2, 0) is 9.59 Å². The van der Waals surface area contributed by atoms with Crippen molar-refractivity contribution in [2.75, 3.05) is 13.1 Å². The summed E-state index contributed by atoms with van der Waals surface area (Å²) in [4.78, 5) is 37.9. The first-order valence-electron chi connectivity index (χ1n) is 9.04. The predicted molar refractivity (Wildman–Crippen MR) is 103 cm³/mol. The molecule has 4 atom stereocenters. The number of aliphatic carboxylic acids is 1. The molecule has 8 nitrogen and oxygen atoms in total. The molecule has 2 saturated heterocycles. The Morgan fingerprint density at radius 1 is 1.48 bits per heavy atom. The highest BCUT2D eigenvalue weighted by Gasteiger charge is 2.52. The van der Waals surface area contributed by atoms with E-state index in [9.17, 15) is 19.5 Å². The van der Waals surface area contributed by atoms with E-state index in [0.29, 0.717) is 12.6 Å². The number of β-lactam (4-membered cyclic amide) rings is 1. The Morgan fingerprint density at radius 2 is 2.19 bits per heavy atom. The number of carbonyl (C=O) groups is 3. The van der Waals surface area contributed by atoms with Gasteiger partial charge in [0.1, 0.15) is 5.37 Å². The number of fused-ring (bicyclic) bond motifs is 1. The van der Waals surface area contributed by atoms with Crippen LogP contribution in [0.5, 0.6) is 0 Å². The van der Waals surface area contributed by atoms with E-state index in [0.717, 1.165) is 30.4 Å². The molecule has 0 unspecified atom stereocenters. The van der Waals surface area contributed by atoms with Gasteiger partial charge in [0, 0.05) is 29.8 Å². The zero-order valence-corrected chi connectivity index (χ0v) is 16.6. The van der Waals surface area contributed by atoms with Crippen LogP contribution in [0.4, 0.5) is 4.79 Å². The molecule has 3 heterocycles. The number of aliphatic hydroxyl groups excluding tert-OH is 1. The van der Waals surface area contributed by atoms with Gasteiger partial charge in [0.05, 0.1) is 18.6 Å². The molecular weight excluding hydrogens is 370 g/mol. The fourth-order valence-electron chi connectivity index (χ4n) is 3.29. The number of carboxylic acid groups (broad SMARTS) is 1. The SMILES string of the molecule is CC=CC(=O)O.C[C@@H]1CCCN1C(=O)NCC1=CN2C(=O)[C@H]([C@@H](C)O)[C@H]2S1. The number of carboxylic acids is 1. The Balaban J connectivity index is 0.000000380. The summed E-state index contributed by atoms with van der Waals surface area (Å²) in [5.74, 6) is -1.24. The predicted octanol–water partition coefficient (Wildman–Crippen LogP) is 1.58. The van der Waals surface area contributed by atoms with Gasteiger partial charge in [0.15, 0.2) is 0 Å². The molecule has 3 N–H and O–H groups in total. The Morgan fingerprint density at radius 3 is 2.67 bits per heavy atom. The third-order valence-electron chi connectivity index (χ3n) is 4.73. The molecule has 2 fully saturated rings. The molecule has 0 spiro atoms. The number of allylic oxidation sites excluding steroid dienone is 1. The van der Waals surface area contributed by atoms with Crippen molar-refractivity contribution < 1.29 is 24.6 Å². The second-order valence-corrected chi connectivity index (χ2v) is 8.04. The number of carbonyl (C=O) groups excluding carboxylic acids is 2. The van der Waals surface area contributed by atoms with Crippen LogP contribution >= 0.6 is 11.8 Å². The van der Waals surface area contributed by atoms with Gasteiger partial charge in [-0.2, -0.15) is 0 Å². The first-order valence-corrected chi connectivity index (χ1v) is 9.92. The molecule has 9 heteroatoms. The number of rotatable bonds is 4. The lowest BCUT2D eigenvalue weighted by Crippen LogP contribution is -2.58. The van der Waals surface area contributed by atoms with Gasteiger partial charge in [0.25, 0.3) is 0 Å². The van der Waals surface area contributed by atoms with Crippen LogP contribution in [0.25, 0.3) is 0 Å². The Bertz CT molecular complexity index is 649. The van der Waals surface area contributed by atoms with Crippen molar-refractivity contribution in [3.8, 4) is 0 Å². The Kier molecular flexibility index (Phi) is 7.32. The lowest BCUT2D eigenvalue weighted by molar-refractivity contribution is -0.151. The average Bonchev–Trinajstić information content (AvgIpc) is 3.17. The van der Waals surface area contributed by atoms with E-state index in [1.165, 1.54) is 6.08 Å². The summed E-state index contributed by atoms with van der Waals surface area (Å²) >= 11 is 1.56. The third-order valence-corrected chi connectivity index (χ3v) is 6.05. The van der Waals surface area contributed by atoms with Gasteiger partial charge in [-0.1, -0.05) is 6.08 Å². The van der Waals surface area contributed by atoms with E-state index in [1.54, 1.807) is 36.7 Å². The van der Waals surface area contributed by atoms with Crippen molar-refractivity contribution >= 4 is 29.7 Å². The highest BCUT2D eigenvalue weighted by Crippen LogP contribution is 2.46. The molecule has 3 amide bonds. The fraction of sp³-hybridized carbons (Fsp3) is 0.611. The van der Waals surface area contributed by atoms with E-state index in [1.807, 2.05) is 4.90 Å². The van der Waals surface area contributed by atoms with Crippen LogP contribution in [0.1, 0.15) is 33.6 Å². The topological polar surface area (TPSA) is 110 Å². The first-order chi connectivity index (χ1) is 12.8. The summed E-state index contributed by atoms with van der Waals surface area (Å²) in [7, 11) is 0.